The standard InChI is InChI=1S/C27H27Cl2N3O5/c1-3-35-22-10-8-21(9-11-22)31-26(33)15-27(34)32-30-16-18-5-12-24(25(13-18)36-4-2)37-17-19-6-7-20(28)14-23(19)29/h5-14,16H,3-4,15,17H2,1-2H3,(H,31,33)(H,32,34). The Labute approximate surface area is 225 Å². The summed E-state index contributed by atoms with van der Waals surface area (Å²) in [4.78, 5) is 24.2. The molecule has 0 saturated carbocycles. The van der Waals surface area contributed by atoms with Crippen molar-refractivity contribution in [3.63, 3.8) is 0 Å². The van der Waals surface area contributed by atoms with Crippen LogP contribution in [0.3, 0.4) is 0 Å². The van der Waals surface area contributed by atoms with E-state index in [1.807, 2.05) is 13.8 Å². The molecule has 3 aromatic rings. The van der Waals surface area contributed by atoms with Crippen LogP contribution in [0.1, 0.15) is 31.4 Å². The average molecular weight is 544 g/mol. The van der Waals surface area contributed by atoms with Crippen LogP contribution in [0.15, 0.2) is 65.8 Å². The van der Waals surface area contributed by atoms with Crippen LogP contribution in [0.25, 0.3) is 0 Å². The molecule has 0 spiro atoms. The fourth-order valence-electron chi connectivity index (χ4n) is 3.16. The summed E-state index contributed by atoms with van der Waals surface area (Å²) in [5.74, 6) is 0.727. The Balaban J connectivity index is 1.52. The van der Waals surface area contributed by atoms with Gasteiger partial charge in [-0.25, -0.2) is 5.43 Å². The minimum Gasteiger partial charge on any atom is -0.494 e. The Hall–Kier alpha value is -3.75. The number of rotatable bonds is 12. The van der Waals surface area contributed by atoms with Gasteiger partial charge in [0.15, 0.2) is 11.5 Å². The maximum Gasteiger partial charge on any atom is 0.249 e. The molecule has 0 fully saturated rings. The summed E-state index contributed by atoms with van der Waals surface area (Å²) in [6, 6.07) is 17.3. The highest BCUT2D eigenvalue weighted by atomic mass is 35.5. The van der Waals surface area contributed by atoms with E-state index in [4.69, 9.17) is 37.4 Å². The second-order valence-corrected chi connectivity index (χ2v) is 8.48. The van der Waals surface area contributed by atoms with Crippen molar-refractivity contribution >= 4 is 46.9 Å². The number of nitrogens with zero attached hydrogens (tertiary/aromatic N) is 1. The molecule has 2 N–H and O–H groups in total. The van der Waals surface area contributed by atoms with Gasteiger partial charge in [-0.3, -0.25) is 9.59 Å². The molecule has 0 aliphatic heterocycles. The molecular formula is C27H27Cl2N3O5. The summed E-state index contributed by atoms with van der Waals surface area (Å²) in [7, 11) is 0. The summed E-state index contributed by atoms with van der Waals surface area (Å²) >= 11 is 12.2. The maximum atomic E-state index is 12.1. The van der Waals surface area contributed by atoms with Crippen molar-refractivity contribution in [1.29, 1.82) is 0 Å². The number of halogens is 2. The first-order valence-electron chi connectivity index (χ1n) is 11.6. The van der Waals surface area contributed by atoms with Crippen LogP contribution in [0.5, 0.6) is 17.2 Å². The number of carbonyl (C=O) groups excluding carboxylic acids is 2. The lowest BCUT2D eigenvalue weighted by Crippen LogP contribution is -2.24. The first-order valence-corrected chi connectivity index (χ1v) is 12.3. The van der Waals surface area contributed by atoms with Crippen molar-refractivity contribution in [2.24, 2.45) is 5.10 Å². The van der Waals surface area contributed by atoms with E-state index in [-0.39, 0.29) is 13.0 Å². The molecule has 10 heteroatoms. The molecule has 8 nitrogen and oxygen atoms in total. The third kappa shape index (κ3) is 9.00. The molecule has 0 heterocycles. The molecule has 0 aliphatic carbocycles. The van der Waals surface area contributed by atoms with Gasteiger partial charge in [-0.05, 0) is 74.0 Å². The first kappa shape index (κ1) is 27.8. The van der Waals surface area contributed by atoms with Crippen molar-refractivity contribution < 1.29 is 23.8 Å². The molecule has 0 aromatic heterocycles. The highest BCUT2D eigenvalue weighted by Crippen LogP contribution is 2.30. The molecule has 0 aliphatic rings. The summed E-state index contributed by atoms with van der Waals surface area (Å²) in [5.41, 5.74) is 4.36. The van der Waals surface area contributed by atoms with Gasteiger partial charge >= 0.3 is 0 Å². The van der Waals surface area contributed by atoms with Crippen molar-refractivity contribution in [2.75, 3.05) is 18.5 Å². The lowest BCUT2D eigenvalue weighted by Gasteiger charge is -2.13. The largest absolute Gasteiger partial charge is 0.494 e. The van der Waals surface area contributed by atoms with Gasteiger partial charge in [-0.15, -0.1) is 0 Å². The van der Waals surface area contributed by atoms with Gasteiger partial charge in [-0.2, -0.15) is 5.10 Å². The molecule has 194 valence electrons. The quantitative estimate of drug-likeness (QED) is 0.169. The number of anilines is 1. The van der Waals surface area contributed by atoms with Crippen molar-refractivity contribution in [2.45, 2.75) is 26.9 Å². The van der Waals surface area contributed by atoms with Gasteiger partial charge < -0.3 is 19.5 Å². The Kier molecular flexibility index (Phi) is 10.6. The van der Waals surface area contributed by atoms with E-state index in [9.17, 15) is 9.59 Å². The highest BCUT2D eigenvalue weighted by Gasteiger charge is 2.10. The zero-order valence-corrected chi connectivity index (χ0v) is 21.9. The lowest BCUT2D eigenvalue weighted by molar-refractivity contribution is -0.126. The summed E-state index contributed by atoms with van der Waals surface area (Å²) < 4.78 is 16.9. The van der Waals surface area contributed by atoms with Crippen molar-refractivity contribution in [1.82, 2.24) is 5.43 Å². The first-order chi connectivity index (χ1) is 17.9. The van der Waals surface area contributed by atoms with E-state index in [1.165, 1.54) is 6.21 Å². The van der Waals surface area contributed by atoms with E-state index in [0.29, 0.717) is 51.8 Å². The van der Waals surface area contributed by atoms with E-state index >= 15 is 0 Å². The van der Waals surface area contributed by atoms with E-state index in [2.05, 4.69) is 15.8 Å². The van der Waals surface area contributed by atoms with Gasteiger partial charge in [0.1, 0.15) is 18.8 Å². The summed E-state index contributed by atoms with van der Waals surface area (Å²) in [6.45, 7) is 4.96. The molecule has 0 bridgehead atoms. The van der Waals surface area contributed by atoms with Crippen LogP contribution in [-0.2, 0) is 16.2 Å². The van der Waals surface area contributed by atoms with Crippen LogP contribution >= 0.6 is 23.2 Å². The number of nitrogens with one attached hydrogen (secondary N) is 2. The fraction of sp³-hybridized carbons (Fsp3) is 0.222. The number of amides is 2. The average Bonchev–Trinajstić information content (AvgIpc) is 2.86. The molecule has 0 atom stereocenters. The van der Waals surface area contributed by atoms with Gasteiger partial charge in [0.25, 0.3) is 0 Å². The van der Waals surface area contributed by atoms with E-state index in [0.717, 1.165) is 5.56 Å². The molecule has 2 amide bonds. The minimum atomic E-state index is -0.551. The Morgan fingerprint density at radius 1 is 0.865 bits per heavy atom. The van der Waals surface area contributed by atoms with E-state index in [1.54, 1.807) is 60.7 Å². The second-order valence-electron chi connectivity index (χ2n) is 7.64. The zero-order valence-electron chi connectivity index (χ0n) is 20.4. The van der Waals surface area contributed by atoms with Crippen LogP contribution in [-0.4, -0.2) is 31.2 Å². The predicted molar refractivity (Wildman–Crippen MR) is 145 cm³/mol. The Bertz CT molecular complexity index is 1250. The van der Waals surface area contributed by atoms with Crippen molar-refractivity contribution in [3.05, 3.63) is 81.8 Å². The van der Waals surface area contributed by atoms with Gasteiger partial charge in [0.2, 0.25) is 11.8 Å². The fourth-order valence-corrected chi connectivity index (χ4v) is 3.62. The number of hydrogen-bond donors (Lipinski definition) is 2. The topological polar surface area (TPSA) is 98.2 Å². The van der Waals surface area contributed by atoms with Crippen LogP contribution < -0.4 is 25.0 Å². The molecule has 37 heavy (non-hydrogen) atoms. The second kappa shape index (κ2) is 14.1. The predicted octanol–water partition coefficient (Wildman–Crippen LogP) is 5.85. The molecule has 3 aromatic carbocycles. The highest BCUT2D eigenvalue weighted by molar-refractivity contribution is 6.35. The summed E-state index contributed by atoms with van der Waals surface area (Å²) in [6.07, 6.45) is 1.07. The van der Waals surface area contributed by atoms with Gasteiger partial charge in [0, 0.05) is 21.3 Å². The summed E-state index contributed by atoms with van der Waals surface area (Å²) in [5, 5.41) is 7.65. The molecular weight excluding hydrogens is 517 g/mol. The number of hydrazone groups is 1. The van der Waals surface area contributed by atoms with Crippen LogP contribution in [0.4, 0.5) is 5.69 Å². The lowest BCUT2D eigenvalue weighted by atomic mass is 10.2. The normalized spacial score (nSPS) is 10.7. The third-order valence-corrected chi connectivity index (χ3v) is 5.43. The number of benzene rings is 3. The third-order valence-electron chi connectivity index (χ3n) is 4.84. The monoisotopic (exact) mass is 543 g/mol. The van der Waals surface area contributed by atoms with Gasteiger partial charge in [-0.1, -0.05) is 29.3 Å². The molecule has 3 rings (SSSR count). The maximum absolute atomic E-state index is 12.1. The van der Waals surface area contributed by atoms with Crippen LogP contribution in [0, 0.1) is 0 Å². The molecule has 0 radical (unpaired) electrons. The minimum absolute atomic E-state index is 0.234. The van der Waals surface area contributed by atoms with Crippen molar-refractivity contribution in [3.8, 4) is 17.2 Å². The molecule has 0 saturated heterocycles. The molecule has 0 unspecified atom stereocenters. The Morgan fingerprint density at radius 2 is 1.62 bits per heavy atom. The smallest absolute Gasteiger partial charge is 0.249 e. The zero-order chi connectivity index (χ0) is 26.6. The van der Waals surface area contributed by atoms with E-state index < -0.39 is 11.8 Å². The van der Waals surface area contributed by atoms with Crippen LogP contribution in [0.2, 0.25) is 10.0 Å². The SMILES string of the molecule is CCOc1ccc(NC(=O)CC(=O)NN=Cc2ccc(OCc3ccc(Cl)cc3Cl)c(OCC)c2)cc1. The number of hydrogen-bond acceptors (Lipinski definition) is 6. The van der Waals surface area contributed by atoms with Gasteiger partial charge in [0.05, 0.1) is 19.4 Å². The number of carbonyl (C=O) groups is 2. The Morgan fingerprint density at radius 3 is 2.32 bits per heavy atom. The number of ether oxygens (including phenoxy) is 3.